The molecule has 7 nitrogen and oxygen atoms in total. The Kier molecular flexibility index (Phi) is 5.49. The molecule has 1 aromatic rings. The molecule has 1 N–H and O–H groups in total. The molecule has 0 aromatic heterocycles. The number of sulfonamides is 1. The van der Waals surface area contributed by atoms with Crippen LogP contribution in [0, 0.1) is 0 Å². The topological polar surface area (TPSA) is 92.8 Å². The molecule has 1 aliphatic rings. The van der Waals surface area contributed by atoms with Gasteiger partial charge in [0.2, 0.25) is 15.9 Å². The lowest BCUT2D eigenvalue weighted by atomic mass is 9.94. The van der Waals surface area contributed by atoms with E-state index < -0.39 is 27.6 Å². The normalized spacial score (nSPS) is 20.7. The number of anilines is 1. The molecule has 0 bridgehead atoms. The fourth-order valence-electron chi connectivity index (χ4n) is 3.01. The Morgan fingerprint density at radius 2 is 1.96 bits per heavy atom. The van der Waals surface area contributed by atoms with Crippen molar-refractivity contribution in [1.82, 2.24) is 4.31 Å². The number of esters is 1. The summed E-state index contributed by atoms with van der Waals surface area (Å²) < 4.78 is 31.4. The van der Waals surface area contributed by atoms with E-state index in [4.69, 9.17) is 4.74 Å². The first kappa shape index (κ1) is 20.4. The molecule has 8 heteroatoms. The Balaban J connectivity index is 2.66. The van der Waals surface area contributed by atoms with Crippen LogP contribution in [-0.4, -0.2) is 43.0 Å². The number of hydrogen-bond acceptors (Lipinski definition) is 5. The number of cyclic esters (lactones) is 1. The van der Waals surface area contributed by atoms with Gasteiger partial charge in [0.15, 0.2) is 0 Å². The number of ether oxygens (including phenoxy) is 1. The standard InChI is InChI=1S/C18H26N2O5S/c1-11(2)13-7-8-15(19-12(3)21)14(9-13)16-17(22)25-18(4,5)10-20(16)26(6,23)24/h7-9,11,16H,10H2,1-6H3,(H,19,21). The predicted molar refractivity (Wildman–Crippen MR) is 99.3 cm³/mol. The van der Waals surface area contributed by atoms with Gasteiger partial charge in [0.05, 0.1) is 12.8 Å². The number of carbonyl (C=O) groups is 2. The monoisotopic (exact) mass is 382 g/mol. The molecule has 2 rings (SSSR count). The van der Waals surface area contributed by atoms with E-state index >= 15 is 0 Å². The molecule has 1 heterocycles. The maximum Gasteiger partial charge on any atom is 0.329 e. The van der Waals surface area contributed by atoms with Gasteiger partial charge in [-0.2, -0.15) is 4.31 Å². The van der Waals surface area contributed by atoms with Crippen LogP contribution in [0.2, 0.25) is 0 Å². The van der Waals surface area contributed by atoms with Crippen LogP contribution in [-0.2, 0) is 24.3 Å². The first-order valence-electron chi connectivity index (χ1n) is 8.43. The van der Waals surface area contributed by atoms with Crippen molar-refractivity contribution >= 4 is 27.6 Å². The van der Waals surface area contributed by atoms with Gasteiger partial charge >= 0.3 is 5.97 Å². The van der Waals surface area contributed by atoms with Crippen LogP contribution in [0.1, 0.15) is 57.7 Å². The quantitative estimate of drug-likeness (QED) is 0.807. The van der Waals surface area contributed by atoms with E-state index in [0.29, 0.717) is 11.3 Å². The number of amides is 1. The van der Waals surface area contributed by atoms with Gasteiger partial charge in [-0.15, -0.1) is 0 Å². The molecule has 1 aromatic carbocycles. The highest BCUT2D eigenvalue weighted by Crippen LogP contribution is 2.38. The van der Waals surface area contributed by atoms with E-state index in [1.165, 1.54) is 6.92 Å². The number of nitrogens with zero attached hydrogens (tertiary/aromatic N) is 1. The van der Waals surface area contributed by atoms with Crippen LogP contribution >= 0.6 is 0 Å². The molecule has 1 saturated heterocycles. The molecular formula is C18H26N2O5S. The van der Waals surface area contributed by atoms with Gasteiger partial charge in [0, 0.05) is 18.2 Å². The number of hydrogen-bond donors (Lipinski definition) is 1. The summed E-state index contributed by atoms with van der Waals surface area (Å²) >= 11 is 0. The molecule has 0 aliphatic carbocycles. The minimum absolute atomic E-state index is 0.0354. The second-order valence-electron chi connectivity index (χ2n) is 7.57. The molecule has 144 valence electrons. The van der Waals surface area contributed by atoms with E-state index in [-0.39, 0.29) is 18.4 Å². The second kappa shape index (κ2) is 7.00. The highest BCUT2D eigenvalue weighted by Gasteiger charge is 2.46. The Morgan fingerprint density at radius 1 is 1.35 bits per heavy atom. The molecular weight excluding hydrogens is 356 g/mol. The summed E-state index contributed by atoms with van der Waals surface area (Å²) in [4.78, 5) is 24.3. The van der Waals surface area contributed by atoms with E-state index in [1.54, 1.807) is 26.0 Å². The van der Waals surface area contributed by atoms with Gasteiger partial charge < -0.3 is 10.1 Å². The van der Waals surface area contributed by atoms with Gasteiger partial charge in [-0.1, -0.05) is 26.0 Å². The van der Waals surface area contributed by atoms with E-state index in [0.717, 1.165) is 16.1 Å². The summed E-state index contributed by atoms with van der Waals surface area (Å²) in [6.07, 6.45) is 1.07. The Hall–Kier alpha value is -1.93. The summed E-state index contributed by atoms with van der Waals surface area (Å²) in [6.45, 7) is 8.71. The summed E-state index contributed by atoms with van der Waals surface area (Å²) in [7, 11) is -3.69. The predicted octanol–water partition coefficient (Wildman–Crippen LogP) is 2.41. The molecule has 0 radical (unpaired) electrons. The molecule has 1 fully saturated rings. The zero-order chi connectivity index (χ0) is 19.9. The highest BCUT2D eigenvalue weighted by molar-refractivity contribution is 7.88. The summed E-state index contributed by atoms with van der Waals surface area (Å²) in [5.74, 6) is -0.791. The molecule has 1 amide bonds. The summed E-state index contributed by atoms with van der Waals surface area (Å²) in [6, 6.07) is 4.17. The van der Waals surface area contributed by atoms with Crippen LogP contribution in [0.4, 0.5) is 5.69 Å². The smallest absolute Gasteiger partial charge is 0.329 e. The van der Waals surface area contributed by atoms with Crippen molar-refractivity contribution in [1.29, 1.82) is 0 Å². The third-order valence-corrected chi connectivity index (χ3v) is 5.39. The van der Waals surface area contributed by atoms with Gasteiger partial charge in [0.25, 0.3) is 0 Å². The first-order valence-corrected chi connectivity index (χ1v) is 10.3. The maximum atomic E-state index is 12.7. The van der Waals surface area contributed by atoms with Crippen molar-refractivity contribution in [2.24, 2.45) is 0 Å². The minimum atomic E-state index is -3.69. The zero-order valence-electron chi connectivity index (χ0n) is 16.0. The number of benzene rings is 1. The SMILES string of the molecule is CC(=O)Nc1ccc(C(C)C)cc1C1C(=O)OC(C)(C)CN1S(C)(=O)=O. The molecule has 0 saturated carbocycles. The largest absolute Gasteiger partial charge is 0.457 e. The summed E-state index contributed by atoms with van der Waals surface area (Å²) in [5.41, 5.74) is 0.815. The molecule has 1 aliphatic heterocycles. The van der Waals surface area contributed by atoms with Gasteiger partial charge in [-0.05, 0) is 31.4 Å². The number of carbonyl (C=O) groups excluding carboxylic acids is 2. The second-order valence-corrected chi connectivity index (χ2v) is 9.51. The van der Waals surface area contributed by atoms with E-state index in [9.17, 15) is 18.0 Å². The Labute approximate surface area is 154 Å². The number of rotatable bonds is 4. The molecule has 1 unspecified atom stereocenters. The van der Waals surface area contributed by atoms with Crippen LogP contribution in [0.15, 0.2) is 18.2 Å². The molecule has 1 atom stereocenters. The average Bonchev–Trinajstić information content (AvgIpc) is 2.44. The molecule has 26 heavy (non-hydrogen) atoms. The van der Waals surface area contributed by atoms with Crippen LogP contribution in [0.3, 0.4) is 0 Å². The van der Waals surface area contributed by atoms with E-state index in [2.05, 4.69) is 5.32 Å². The maximum absolute atomic E-state index is 12.7. The summed E-state index contributed by atoms with van der Waals surface area (Å²) in [5, 5.41) is 2.68. The van der Waals surface area contributed by atoms with Crippen molar-refractivity contribution in [3.05, 3.63) is 29.3 Å². The van der Waals surface area contributed by atoms with Gasteiger partial charge in [-0.3, -0.25) is 4.79 Å². The van der Waals surface area contributed by atoms with Crippen molar-refractivity contribution in [3.8, 4) is 0 Å². The lowest BCUT2D eigenvalue weighted by Crippen LogP contribution is -2.54. The number of nitrogens with one attached hydrogen (secondary N) is 1. The van der Waals surface area contributed by atoms with Crippen LogP contribution in [0.5, 0.6) is 0 Å². The third-order valence-electron chi connectivity index (χ3n) is 4.20. The van der Waals surface area contributed by atoms with Crippen molar-refractivity contribution in [2.45, 2.75) is 52.2 Å². The van der Waals surface area contributed by atoms with E-state index in [1.807, 2.05) is 19.9 Å². The Bertz CT molecular complexity index is 830. The van der Waals surface area contributed by atoms with Crippen LogP contribution in [0.25, 0.3) is 0 Å². The number of morpholine rings is 1. The Morgan fingerprint density at radius 3 is 2.46 bits per heavy atom. The van der Waals surface area contributed by atoms with Crippen molar-refractivity contribution in [3.63, 3.8) is 0 Å². The zero-order valence-corrected chi connectivity index (χ0v) is 16.8. The van der Waals surface area contributed by atoms with Gasteiger partial charge in [0.1, 0.15) is 11.6 Å². The lowest BCUT2D eigenvalue weighted by molar-refractivity contribution is -0.172. The molecule has 0 spiro atoms. The minimum Gasteiger partial charge on any atom is -0.457 e. The lowest BCUT2D eigenvalue weighted by Gasteiger charge is -2.41. The highest BCUT2D eigenvalue weighted by atomic mass is 32.2. The average molecular weight is 382 g/mol. The van der Waals surface area contributed by atoms with Crippen LogP contribution < -0.4 is 5.32 Å². The first-order chi connectivity index (χ1) is 11.8. The van der Waals surface area contributed by atoms with Crippen molar-refractivity contribution in [2.75, 3.05) is 18.1 Å². The van der Waals surface area contributed by atoms with Crippen molar-refractivity contribution < 1.29 is 22.7 Å². The fraction of sp³-hybridized carbons (Fsp3) is 0.556. The fourth-order valence-corrected chi connectivity index (χ4v) is 4.13. The van der Waals surface area contributed by atoms with Gasteiger partial charge in [-0.25, -0.2) is 13.2 Å². The third kappa shape index (κ3) is 4.42.